The van der Waals surface area contributed by atoms with Crippen molar-refractivity contribution in [2.75, 3.05) is 6.61 Å². The maximum Gasteiger partial charge on any atom is 0.306 e. The van der Waals surface area contributed by atoms with Crippen LogP contribution in [0.4, 0.5) is 0 Å². The molecule has 1 amide bonds. The number of carbonyl (C=O) groups is 2. The van der Waals surface area contributed by atoms with Gasteiger partial charge < -0.3 is 20.3 Å². The van der Waals surface area contributed by atoms with Crippen LogP contribution < -0.4 is 5.32 Å². The van der Waals surface area contributed by atoms with Crippen LogP contribution in [0.5, 0.6) is 0 Å². The summed E-state index contributed by atoms with van der Waals surface area (Å²) in [5.41, 5.74) is 0. The summed E-state index contributed by atoms with van der Waals surface area (Å²) in [6.07, 6.45) is 65.3. The van der Waals surface area contributed by atoms with Crippen molar-refractivity contribution in [2.24, 2.45) is 0 Å². The van der Waals surface area contributed by atoms with Crippen LogP contribution in [0, 0.1) is 0 Å². The lowest BCUT2D eigenvalue weighted by Crippen LogP contribution is -2.46. The van der Waals surface area contributed by atoms with Crippen LogP contribution in [-0.4, -0.2) is 46.9 Å². The molecule has 0 bridgehead atoms. The number of carbonyl (C=O) groups excluding carboxylic acids is 2. The van der Waals surface area contributed by atoms with E-state index in [1.54, 1.807) is 0 Å². The Balaban J connectivity index is 4.52. The van der Waals surface area contributed by atoms with E-state index < -0.39 is 18.2 Å². The molecule has 0 radical (unpaired) electrons. The molecule has 0 rings (SSSR count). The summed E-state index contributed by atoms with van der Waals surface area (Å²) in [5.74, 6) is -0.460. The molecule has 3 unspecified atom stereocenters. The first kappa shape index (κ1) is 65.3. The number of aliphatic hydroxyl groups excluding tert-OH is 2. The van der Waals surface area contributed by atoms with Crippen LogP contribution in [0.2, 0.25) is 0 Å². The van der Waals surface area contributed by atoms with Crippen molar-refractivity contribution in [3.8, 4) is 0 Å². The maximum atomic E-state index is 13.3. The van der Waals surface area contributed by atoms with Crippen LogP contribution in [0.1, 0.15) is 329 Å². The SMILES string of the molecule is CCCCC/C=C\C/C=C\CCCCCCCCCC(CC(=O)NC(CO)C(O)CCCCCCCCCCCCCCCCCC)OC(=O)CCCCCCCCCCCCCCCCC. The number of allylic oxidation sites excluding steroid dienone is 4. The van der Waals surface area contributed by atoms with Gasteiger partial charge in [0.2, 0.25) is 5.91 Å². The Kier molecular flexibility index (Phi) is 53.9. The molecular formula is C61H117NO5. The molecule has 6 nitrogen and oxygen atoms in total. The molecular weight excluding hydrogens is 827 g/mol. The molecule has 3 atom stereocenters. The Bertz CT molecular complexity index is 1060. The molecule has 0 aliphatic carbocycles. The highest BCUT2D eigenvalue weighted by Gasteiger charge is 2.24. The topological polar surface area (TPSA) is 95.9 Å². The third kappa shape index (κ3) is 50.5. The number of unbranched alkanes of at least 4 members (excludes halogenated alkanes) is 39. The van der Waals surface area contributed by atoms with E-state index in [-0.39, 0.29) is 24.9 Å². The summed E-state index contributed by atoms with van der Waals surface area (Å²) in [6, 6.07) is -0.701. The molecule has 0 saturated heterocycles. The van der Waals surface area contributed by atoms with E-state index in [4.69, 9.17) is 4.74 Å². The standard InChI is InChI=1S/C61H117NO5/c1-4-7-10-13-16-19-22-25-28-30-32-34-37-40-43-46-49-52-57(67-61(66)54-51-48-45-42-39-36-31-27-24-21-18-15-12-9-6-3)55-60(65)62-58(56-63)59(64)53-50-47-44-41-38-35-33-29-26-23-20-17-14-11-8-5-2/h16,19,25,28,57-59,63-64H,4-15,17-18,20-24,26-27,29-56H2,1-3H3,(H,62,65)/b19-16-,28-25-. The molecule has 0 aromatic rings. The summed E-state index contributed by atoms with van der Waals surface area (Å²) in [5, 5.41) is 23.9. The fourth-order valence-electron chi connectivity index (χ4n) is 9.46. The molecule has 3 N–H and O–H groups in total. The van der Waals surface area contributed by atoms with Crippen LogP contribution in [0.3, 0.4) is 0 Å². The zero-order valence-corrected chi connectivity index (χ0v) is 45.3. The second-order valence-electron chi connectivity index (χ2n) is 20.8. The van der Waals surface area contributed by atoms with Crippen molar-refractivity contribution >= 4 is 11.9 Å². The van der Waals surface area contributed by atoms with Gasteiger partial charge in [-0.15, -0.1) is 0 Å². The number of hydrogen-bond donors (Lipinski definition) is 3. The number of nitrogens with one attached hydrogen (secondary N) is 1. The molecule has 0 saturated carbocycles. The number of esters is 1. The average molecular weight is 945 g/mol. The van der Waals surface area contributed by atoms with Gasteiger partial charge in [-0.1, -0.05) is 283 Å². The van der Waals surface area contributed by atoms with Crippen molar-refractivity contribution in [3.63, 3.8) is 0 Å². The van der Waals surface area contributed by atoms with Crippen LogP contribution in [0.15, 0.2) is 24.3 Å². The first-order valence-electron chi connectivity index (χ1n) is 30.1. The van der Waals surface area contributed by atoms with Crippen molar-refractivity contribution < 1.29 is 24.5 Å². The minimum absolute atomic E-state index is 0.0784. The summed E-state index contributed by atoms with van der Waals surface area (Å²) >= 11 is 0. The molecule has 0 fully saturated rings. The highest BCUT2D eigenvalue weighted by Crippen LogP contribution is 2.19. The molecule has 6 heteroatoms. The van der Waals surface area contributed by atoms with Crippen LogP contribution in [0.25, 0.3) is 0 Å². The van der Waals surface area contributed by atoms with Gasteiger partial charge in [0.1, 0.15) is 6.10 Å². The number of hydrogen-bond acceptors (Lipinski definition) is 5. The Morgan fingerprint density at radius 3 is 1.16 bits per heavy atom. The van der Waals surface area contributed by atoms with Gasteiger partial charge in [0.15, 0.2) is 0 Å². The Hall–Kier alpha value is -1.66. The van der Waals surface area contributed by atoms with Gasteiger partial charge in [-0.3, -0.25) is 9.59 Å². The Morgan fingerprint density at radius 1 is 0.433 bits per heavy atom. The fourth-order valence-corrected chi connectivity index (χ4v) is 9.46. The van der Waals surface area contributed by atoms with Gasteiger partial charge in [0.05, 0.1) is 25.2 Å². The Morgan fingerprint density at radius 2 is 0.761 bits per heavy atom. The number of aliphatic hydroxyl groups is 2. The quantitative estimate of drug-likeness (QED) is 0.0321. The molecule has 0 spiro atoms. The van der Waals surface area contributed by atoms with E-state index in [0.29, 0.717) is 19.3 Å². The van der Waals surface area contributed by atoms with Gasteiger partial charge in [0.25, 0.3) is 0 Å². The fraction of sp³-hybridized carbons (Fsp3) is 0.902. The molecule has 0 heterocycles. The van der Waals surface area contributed by atoms with Crippen molar-refractivity contribution in [3.05, 3.63) is 24.3 Å². The second-order valence-corrected chi connectivity index (χ2v) is 20.8. The van der Waals surface area contributed by atoms with Gasteiger partial charge in [0, 0.05) is 6.42 Å². The summed E-state index contributed by atoms with van der Waals surface area (Å²) in [6.45, 7) is 6.51. The lowest BCUT2D eigenvalue weighted by atomic mass is 10.0. The highest BCUT2D eigenvalue weighted by molar-refractivity contribution is 5.77. The minimum Gasteiger partial charge on any atom is -0.462 e. The third-order valence-electron chi connectivity index (χ3n) is 14.0. The normalized spacial score (nSPS) is 13.2. The molecule has 396 valence electrons. The third-order valence-corrected chi connectivity index (χ3v) is 14.0. The summed E-state index contributed by atoms with van der Waals surface area (Å²) < 4.78 is 5.97. The summed E-state index contributed by atoms with van der Waals surface area (Å²) in [4.78, 5) is 26.3. The van der Waals surface area contributed by atoms with E-state index in [2.05, 4.69) is 50.4 Å². The molecule has 0 aliphatic rings. The van der Waals surface area contributed by atoms with Crippen molar-refractivity contribution in [1.29, 1.82) is 0 Å². The smallest absolute Gasteiger partial charge is 0.306 e. The van der Waals surface area contributed by atoms with E-state index in [1.165, 1.54) is 218 Å². The molecule has 0 aromatic carbocycles. The maximum absolute atomic E-state index is 13.3. The minimum atomic E-state index is -0.787. The lowest BCUT2D eigenvalue weighted by molar-refractivity contribution is -0.151. The van der Waals surface area contributed by atoms with Crippen LogP contribution in [-0.2, 0) is 14.3 Å². The van der Waals surface area contributed by atoms with Gasteiger partial charge in [-0.2, -0.15) is 0 Å². The average Bonchev–Trinajstić information content (AvgIpc) is 3.32. The van der Waals surface area contributed by atoms with Gasteiger partial charge in [-0.25, -0.2) is 0 Å². The monoisotopic (exact) mass is 944 g/mol. The van der Waals surface area contributed by atoms with E-state index >= 15 is 0 Å². The summed E-state index contributed by atoms with van der Waals surface area (Å²) in [7, 11) is 0. The van der Waals surface area contributed by atoms with E-state index in [0.717, 1.165) is 64.2 Å². The predicted octanol–water partition coefficient (Wildman–Crippen LogP) is 18.6. The molecule has 0 aromatic heterocycles. The first-order chi connectivity index (χ1) is 33.0. The van der Waals surface area contributed by atoms with E-state index in [1.807, 2.05) is 0 Å². The number of ether oxygens (including phenoxy) is 1. The van der Waals surface area contributed by atoms with E-state index in [9.17, 15) is 19.8 Å². The number of rotatable bonds is 55. The van der Waals surface area contributed by atoms with Gasteiger partial charge in [-0.05, 0) is 57.8 Å². The van der Waals surface area contributed by atoms with Gasteiger partial charge >= 0.3 is 5.97 Å². The largest absolute Gasteiger partial charge is 0.462 e. The Labute approximate surface area is 418 Å². The highest BCUT2D eigenvalue weighted by atomic mass is 16.5. The van der Waals surface area contributed by atoms with Crippen molar-refractivity contribution in [2.45, 2.75) is 347 Å². The van der Waals surface area contributed by atoms with Crippen molar-refractivity contribution in [1.82, 2.24) is 5.32 Å². The second kappa shape index (κ2) is 55.3. The first-order valence-corrected chi connectivity index (χ1v) is 30.1. The number of amides is 1. The van der Waals surface area contributed by atoms with Crippen LogP contribution >= 0.6 is 0 Å². The molecule has 67 heavy (non-hydrogen) atoms. The molecule has 0 aliphatic heterocycles. The lowest BCUT2D eigenvalue weighted by Gasteiger charge is -2.24. The zero-order chi connectivity index (χ0) is 48.8. The predicted molar refractivity (Wildman–Crippen MR) is 292 cm³/mol. The zero-order valence-electron chi connectivity index (χ0n) is 45.3.